The zero-order valence-electron chi connectivity index (χ0n) is 11.6. The molecule has 0 saturated carbocycles. The second kappa shape index (κ2) is 6.31. The fourth-order valence-electron chi connectivity index (χ4n) is 2.17. The zero-order valence-corrected chi connectivity index (χ0v) is 12.4. The first-order valence-corrected chi connectivity index (χ1v) is 7.59. The topological polar surface area (TPSA) is 33.1 Å². The van der Waals surface area contributed by atoms with E-state index in [0.29, 0.717) is 0 Å². The zero-order chi connectivity index (χ0) is 13.7. The fraction of sp³-hybridized carbons (Fsp3) is 0.438. The summed E-state index contributed by atoms with van der Waals surface area (Å²) < 4.78 is 0. The SMILES string of the molecule is CC(C)(Cc1ccccc1)c1nc(CCCO)cs1. The predicted molar refractivity (Wildman–Crippen MR) is 80.7 cm³/mol. The summed E-state index contributed by atoms with van der Waals surface area (Å²) >= 11 is 1.73. The Morgan fingerprint density at radius 1 is 1.21 bits per heavy atom. The van der Waals surface area contributed by atoms with E-state index >= 15 is 0 Å². The number of aryl methyl sites for hydroxylation is 1. The van der Waals surface area contributed by atoms with Gasteiger partial charge in [-0.05, 0) is 24.8 Å². The molecule has 2 rings (SSSR count). The van der Waals surface area contributed by atoms with Crippen molar-refractivity contribution < 1.29 is 5.11 Å². The molecule has 3 heteroatoms. The molecule has 0 radical (unpaired) electrons. The molecular formula is C16H21NOS. The molecule has 1 aromatic carbocycles. The van der Waals surface area contributed by atoms with Gasteiger partial charge in [0.15, 0.2) is 0 Å². The number of aliphatic hydroxyl groups excluding tert-OH is 1. The monoisotopic (exact) mass is 275 g/mol. The average Bonchev–Trinajstić information content (AvgIpc) is 2.86. The number of benzene rings is 1. The van der Waals surface area contributed by atoms with Gasteiger partial charge in [0.05, 0.1) is 10.7 Å². The first-order chi connectivity index (χ1) is 9.12. The standard InChI is InChI=1S/C16H21NOS/c1-16(2,11-13-7-4-3-5-8-13)15-17-14(12-19-15)9-6-10-18/h3-5,7-8,12,18H,6,9-11H2,1-2H3. The highest BCUT2D eigenvalue weighted by Crippen LogP contribution is 2.30. The van der Waals surface area contributed by atoms with Gasteiger partial charge in [0, 0.05) is 17.4 Å². The summed E-state index contributed by atoms with van der Waals surface area (Å²) in [6, 6.07) is 10.6. The van der Waals surface area contributed by atoms with E-state index in [-0.39, 0.29) is 12.0 Å². The minimum atomic E-state index is 0.0590. The summed E-state index contributed by atoms with van der Waals surface area (Å²) in [5.41, 5.74) is 2.51. The summed E-state index contributed by atoms with van der Waals surface area (Å²) in [4.78, 5) is 4.72. The quantitative estimate of drug-likeness (QED) is 0.874. The third kappa shape index (κ3) is 3.88. The molecule has 0 saturated heterocycles. The Hall–Kier alpha value is -1.19. The van der Waals surface area contributed by atoms with Crippen LogP contribution in [0, 0.1) is 0 Å². The molecule has 0 aliphatic heterocycles. The lowest BCUT2D eigenvalue weighted by atomic mass is 9.86. The van der Waals surface area contributed by atoms with E-state index in [4.69, 9.17) is 10.1 Å². The Labute approximate surface area is 119 Å². The van der Waals surface area contributed by atoms with Gasteiger partial charge in [0.25, 0.3) is 0 Å². The van der Waals surface area contributed by atoms with E-state index in [9.17, 15) is 0 Å². The molecule has 0 fully saturated rings. The van der Waals surface area contributed by atoms with Crippen LogP contribution in [0.4, 0.5) is 0 Å². The highest BCUT2D eigenvalue weighted by atomic mass is 32.1. The third-order valence-corrected chi connectivity index (χ3v) is 4.47. The molecule has 2 aromatic rings. The first kappa shape index (κ1) is 14.2. The van der Waals surface area contributed by atoms with E-state index in [1.54, 1.807) is 11.3 Å². The first-order valence-electron chi connectivity index (χ1n) is 6.71. The second-order valence-electron chi connectivity index (χ2n) is 5.52. The Kier molecular flexibility index (Phi) is 4.72. The van der Waals surface area contributed by atoms with Crippen molar-refractivity contribution in [2.75, 3.05) is 6.61 Å². The molecule has 0 amide bonds. The largest absolute Gasteiger partial charge is 0.396 e. The Balaban J connectivity index is 2.08. The molecule has 0 atom stereocenters. The molecule has 0 spiro atoms. The Bertz CT molecular complexity index is 504. The van der Waals surface area contributed by atoms with Gasteiger partial charge in [-0.2, -0.15) is 0 Å². The van der Waals surface area contributed by atoms with Gasteiger partial charge in [-0.1, -0.05) is 44.2 Å². The van der Waals surface area contributed by atoms with Gasteiger partial charge in [-0.25, -0.2) is 4.98 Å². The molecule has 1 heterocycles. The van der Waals surface area contributed by atoms with Crippen molar-refractivity contribution >= 4 is 11.3 Å². The molecule has 1 N–H and O–H groups in total. The van der Waals surface area contributed by atoms with Crippen LogP contribution >= 0.6 is 11.3 Å². The summed E-state index contributed by atoms with van der Waals surface area (Å²) in [6.07, 6.45) is 2.66. The summed E-state index contributed by atoms with van der Waals surface area (Å²) in [5, 5.41) is 12.2. The number of thiazole rings is 1. The molecule has 0 bridgehead atoms. The lowest BCUT2D eigenvalue weighted by Crippen LogP contribution is -2.20. The van der Waals surface area contributed by atoms with Crippen LogP contribution in [0.25, 0.3) is 0 Å². The van der Waals surface area contributed by atoms with Crippen molar-refractivity contribution in [2.24, 2.45) is 0 Å². The van der Waals surface area contributed by atoms with Crippen molar-refractivity contribution in [1.29, 1.82) is 0 Å². The van der Waals surface area contributed by atoms with Crippen LogP contribution in [0.3, 0.4) is 0 Å². The normalized spacial score (nSPS) is 11.7. The fourth-order valence-corrected chi connectivity index (χ4v) is 3.15. The number of hydrogen-bond donors (Lipinski definition) is 1. The highest BCUT2D eigenvalue weighted by molar-refractivity contribution is 7.09. The summed E-state index contributed by atoms with van der Waals surface area (Å²) in [6.45, 7) is 4.73. The maximum absolute atomic E-state index is 8.86. The van der Waals surface area contributed by atoms with Crippen molar-refractivity contribution in [3.8, 4) is 0 Å². The van der Waals surface area contributed by atoms with Gasteiger partial charge < -0.3 is 5.11 Å². The van der Waals surface area contributed by atoms with Crippen molar-refractivity contribution in [3.63, 3.8) is 0 Å². The van der Waals surface area contributed by atoms with E-state index in [1.807, 2.05) is 6.07 Å². The molecule has 2 nitrogen and oxygen atoms in total. The molecule has 0 unspecified atom stereocenters. The number of rotatable bonds is 6. The minimum absolute atomic E-state index is 0.0590. The third-order valence-electron chi connectivity index (χ3n) is 3.21. The molecule has 19 heavy (non-hydrogen) atoms. The Morgan fingerprint density at radius 3 is 2.63 bits per heavy atom. The highest BCUT2D eigenvalue weighted by Gasteiger charge is 2.24. The maximum Gasteiger partial charge on any atom is 0.0987 e. The average molecular weight is 275 g/mol. The number of aliphatic hydroxyl groups is 1. The molecule has 102 valence electrons. The number of nitrogens with zero attached hydrogens (tertiary/aromatic N) is 1. The predicted octanol–water partition coefficient (Wildman–Crippen LogP) is 3.59. The van der Waals surface area contributed by atoms with E-state index in [2.05, 4.69) is 43.5 Å². The van der Waals surface area contributed by atoms with Crippen LogP contribution in [-0.4, -0.2) is 16.7 Å². The lowest BCUT2D eigenvalue weighted by molar-refractivity contribution is 0.288. The number of hydrogen-bond acceptors (Lipinski definition) is 3. The van der Waals surface area contributed by atoms with Crippen LogP contribution in [0.15, 0.2) is 35.7 Å². The van der Waals surface area contributed by atoms with Crippen LogP contribution < -0.4 is 0 Å². The van der Waals surface area contributed by atoms with Crippen molar-refractivity contribution in [3.05, 3.63) is 52.0 Å². The molecule has 1 aromatic heterocycles. The lowest BCUT2D eigenvalue weighted by Gasteiger charge is -2.22. The molecule has 0 aliphatic carbocycles. The van der Waals surface area contributed by atoms with Crippen molar-refractivity contribution in [2.45, 2.75) is 38.5 Å². The van der Waals surface area contributed by atoms with Gasteiger partial charge >= 0.3 is 0 Å². The smallest absolute Gasteiger partial charge is 0.0987 e. The summed E-state index contributed by atoms with van der Waals surface area (Å²) in [7, 11) is 0. The van der Waals surface area contributed by atoms with Gasteiger partial charge in [-0.15, -0.1) is 11.3 Å². The Morgan fingerprint density at radius 2 is 1.95 bits per heavy atom. The molecular weight excluding hydrogens is 254 g/mol. The second-order valence-corrected chi connectivity index (χ2v) is 6.38. The molecule has 0 aliphatic rings. The maximum atomic E-state index is 8.86. The van der Waals surface area contributed by atoms with E-state index in [1.165, 1.54) is 10.6 Å². The van der Waals surface area contributed by atoms with E-state index < -0.39 is 0 Å². The van der Waals surface area contributed by atoms with Gasteiger partial charge in [0.2, 0.25) is 0 Å². The van der Waals surface area contributed by atoms with Crippen molar-refractivity contribution in [1.82, 2.24) is 4.98 Å². The van der Waals surface area contributed by atoms with Crippen LogP contribution in [0.5, 0.6) is 0 Å². The van der Waals surface area contributed by atoms with E-state index in [0.717, 1.165) is 25.0 Å². The van der Waals surface area contributed by atoms with Crippen LogP contribution in [0.2, 0.25) is 0 Å². The minimum Gasteiger partial charge on any atom is -0.396 e. The van der Waals surface area contributed by atoms with Crippen LogP contribution in [0.1, 0.15) is 36.5 Å². The number of aromatic nitrogens is 1. The summed E-state index contributed by atoms with van der Waals surface area (Å²) in [5.74, 6) is 0. The van der Waals surface area contributed by atoms with Gasteiger partial charge in [-0.3, -0.25) is 0 Å². The van der Waals surface area contributed by atoms with Crippen LogP contribution in [-0.2, 0) is 18.3 Å². The van der Waals surface area contributed by atoms with Gasteiger partial charge in [0.1, 0.15) is 0 Å².